The molecular formula is C32H39F3O. The van der Waals surface area contributed by atoms with Crippen molar-refractivity contribution in [1.29, 1.82) is 0 Å². The van der Waals surface area contributed by atoms with Crippen molar-refractivity contribution in [3.8, 4) is 17.6 Å². The minimum atomic E-state index is -4.68. The first-order valence-corrected chi connectivity index (χ1v) is 13.9. The van der Waals surface area contributed by atoms with Gasteiger partial charge in [0, 0.05) is 11.1 Å². The van der Waals surface area contributed by atoms with Crippen molar-refractivity contribution < 1.29 is 17.9 Å². The molecule has 0 amide bonds. The Balaban J connectivity index is 1.25. The molecule has 0 radical (unpaired) electrons. The Morgan fingerprint density at radius 2 is 1.36 bits per heavy atom. The Bertz CT molecular complexity index is 997. The predicted molar refractivity (Wildman–Crippen MR) is 140 cm³/mol. The number of unbranched alkanes of at least 4 members (excludes halogenated alkanes) is 4. The van der Waals surface area contributed by atoms with Crippen LogP contribution in [0.4, 0.5) is 13.2 Å². The van der Waals surface area contributed by atoms with E-state index in [0.29, 0.717) is 11.5 Å². The predicted octanol–water partition coefficient (Wildman–Crippen LogP) is 9.65. The van der Waals surface area contributed by atoms with Gasteiger partial charge in [-0.2, -0.15) is 0 Å². The van der Waals surface area contributed by atoms with Crippen molar-refractivity contribution in [2.75, 3.05) is 0 Å². The van der Waals surface area contributed by atoms with Crippen molar-refractivity contribution in [1.82, 2.24) is 0 Å². The lowest BCUT2D eigenvalue weighted by atomic mass is 9.63. The standard InChI is InChI=1S/C32H39F3O/c1-2-3-4-5-6-7-26-12-17-30-23-29(19-18-28(30)22-26)27-15-10-24(11-16-27)8-9-25-13-20-31(21-14-25)36-32(33,34)35/h10-11,13-16,20-21,26,28-30H,2-7,12,17-19,22-23H2,1H3/t26?,28-,29-,30-/m1/s1. The van der Waals surface area contributed by atoms with Crippen LogP contribution in [0, 0.1) is 29.6 Å². The average molecular weight is 497 g/mol. The maximum atomic E-state index is 12.3. The number of hydrogen-bond donors (Lipinski definition) is 0. The summed E-state index contributed by atoms with van der Waals surface area (Å²) in [5.74, 6) is 9.37. The first-order valence-electron chi connectivity index (χ1n) is 13.9. The van der Waals surface area contributed by atoms with E-state index in [4.69, 9.17) is 0 Å². The number of fused-ring (bicyclic) bond motifs is 1. The monoisotopic (exact) mass is 496 g/mol. The molecule has 2 aromatic carbocycles. The highest BCUT2D eigenvalue weighted by Gasteiger charge is 2.35. The minimum Gasteiger partial charge on any atom is -0.406 e. The molecule has 36 heavy (non-hydrogen) atoms. The Morgan fingerprint density at radius 3 is 2.03 bits per heavy atom. The molecule has 2 saturated carbocycles. The summed E-state index contributed by atoms with van der Waals surface area (Å²) in [7, 11) is 0. The molecule has 0 heterocycles. The zero-order valence-corrected chi connectivity index (χ0v) is 21.5. The number of benzene rings is 2. The highest BCUT2D eigenvalue weighted by Crippen LogP contribution is 2.48. The summed E-state index contributed by atoms with van der Waals surface area (Å²) >= 11 is 0. The van der Waals surface area contributed by atoms with Gasteiger partial charge in [0.2, 0.25) is 0 Å². The van der Waals surface area contributed by atoms with Gasteiger partial charge in [0.15, 0.2) is 0 Å². The second kappa shape index (κ2) is 12.7. The largest absolute Gasteiger partial charge is 0.573 e. The van der Waals surface area contributed by atoms with Gasteiger partial charge in [-0.05, 0) is 97.7 Å². The Hall–Kier alpha value is -2.41. The van der Waals surface area contributed by atoms with Gasteiger partial charge in [0.05, 0.1) is 0 Å². The van der Waals surface area contributed by atoms with Gasteiger partial charge in [0.1, 0.15) is 5.75 Å². The SMILES string of the molecule is CCCCCCCC1CC[C@@H]2C[C@H](c3ccc(C#Cc4ccc(OC(F)(F)F)cc4)cc3)CC[C@@H]2C1. The molecule has 0 bridgehead atoms. The van der Waals surface area contributed by atoms with Crippen LogP contribution in [0.3, 0.4) is 0 Å². The molecule has 194 valence electrons. The highest BCUT2D eigenvalue weighted by atomic mass is 19.4. The summed E-state index contributed by atoms with van der Waals surface area (Å²) < 4.78 is 40.8. The summed E-state index contributed by atoms with van der Waals surface area (Å²) in [5.41, 5.74) is 3.00. The molecule has 4 rings (SSSR count). The molecule has 1 nitrogen and oxygen atoms in total. The Kier molecular flexibility index (Phi) is 9.41. The van der Waals surface area contributed by atoms with E-state index in [1.165, 1.54) is 94.7 Å². The third-order valence-corrected chi connectivity index (χ3v) is 8.26. The summed E-state index contributed by atoms with van der Waals surface area (Å²) in [6, 6.07) is 14.3. The molecule has 2 aliphatic rings. The average Bonchev–Trinajstić information content (AvgIpc) is 2.87. The Labute approximate surface area is 214 Å². The van der Waals surface area contributed by atoms with Crippen molar-refractivity contribution in [2.45, 2.75) is 96.3 Å². The highest BCUT2D eigenvalue weighted by molar-refractivity contribution is 5.45. The normalized spacial score (nSPS) is 23.9. The van der Waals surface area contributed by atoms with E-state index in [2.05, 4.69) is 47.8 Å². The molecule has 0 N–H and O–H groups in total. The van der Waals surface area contributed by atoms with E-state index in [1.807, 2.05) is 0 Å². The fraction of sp³-hybridized carbons (Fsp3) is 0.562. The van der Waals surface area contributed by atoms with Crippen LogP contribution in [0.25, 0.3) is 0 Å². The maximum absolute atomic E-state index is 12.3. The summed E-state index contributed by atoms with van der Waals surface area (Å²) in [6.07, 6.45) is 12.0. The fourth-order valence-electron chi connectivity index (χ4n) is 6.31. The second-order valence-electron chi connectivity index (χ2n) is 10.9. The topological polar surface area (TPSA) is 9.23 Å². The number of ether oxygens (including phenoxy) is 1. The van der Waals surface area contributed by atoms with Gasteiger partial charge in [-0.1, -0.05) is 75.8 Å². The number of rotatable bonds is 8. The van der Waals surface area contributed by atoms with Gasteiger partial charge in [-0.15, -0.1) is 13.2 Å². The zero-order chi connectivity index (χ0) is 25.4. The quantitative estimate of drug-likeness (QED) is 0.261. The molecule has 0 saturated heterocycles. The van der Waals surface area contributed by atoms with E-state index in [0.717, 1.165) is 23.3 Å². The lowest BCUT2D eigenvalue weighted by molar-refractivity contribution is -0.274. The molecule has 0 aliphatic heterocycles. The van der Waals surface area contributed by atoms with Crippen molar-refractivity contribution in [2.24, 2.45) is 17.8 Å². The van der Waals surface area contributed by atoms with Gasteiger partial charge in [-0.3, -0.25) is 0 Å². The van der Waals surface area contributed by atoms with E-state index in [1.54, 1.807) is 12.1 Å². The van der Waals surface area contributed by atoms with Gasteiger partial charge >= 0.3 is 6.36 Å². The molecule has 1 unspecified atom stereocenters. The minimum absolute atomic E-state index is 0.233. The van der Waals surface area contributed by atoms with Gasteiger partial charge in [0.25, 0.3) is 0 Å². The first-order chi connectivity index (χ1) is 17.4. The third kappa shape index (κ3) is 8.05. The van der Waals surface area contributed by atoms with E-state index < -0.39 is 6.36 Å². The van der Waals surface area contributed by atoms with Crippen LogP contribution in [0.5, 0.6) is 5.75 Å². The van der Waals surface area contributed by atoms with Crippen molar-refractivity contribution >= 4 is 0 Å². The van der Waals surface area contributed by atoms with Crippen LogP contribution >= 0.6 is 0 Å². The van der Waals surface area contributed by atoms with E-state index in [-0.39, 0.29) is 5.75 Å². The van der Waals surface area contributed by atoms with Crippen LogP contribution in [0.1, 0.15) is 107 Å². The maximum Gasteiger partial charge on any atom is 0.573 e. The molecule has 2 aromatic rings. The summed E-state index contributed by atoms with van der Waals surface area (Å²) in [5, 5.41) is 0. The van der Waals surface area contributed by atoms with Crippen molar-refractivity contribution in [3.63, 3.8) is 0 Å². The zero-order valence-electron chi connectivity index (χ0n) is 21.5. The van der Waals surface area contributed by atoms with E-state index >= 15 is 0 Å². The fourth-order valence-corrected chi connectivity index (χ4v) is 6.31. The first kappa shape index (κ1) is 26.6. The van der Waals surface area contributed by atoms with Crippen LogP contribution in [-0.4, -0.2) is 6.36 Å². The summed E-state index contributed by atoms with van der Waals surface area (Å²) in [6.45, 7) is 2.28. The number of hydrogen-bond acceptors (Lipinski definition) is 1. The van der Waals surface area contributed by atoms with Gasteiger partial charge < -0.3 is 4.74 Å². The lowest BCUT2D eigenvalue weighted by Crippen LogP contribution is -2.30. The number of alkyl halides is 3. The third-order valence-electron chi connectivity index (χ3n) is 8.26. The smallest absolute Gasteiger partial charge is 0.406 e. The molecule has 2 aliphatic carbocycles. The molecule has 0 spiro atoms. The van der Waals surface area contributed by atoms with Crippen LogP contribution in [0.2, 0.25) is 0 Å². The molecule has 4 atom stereocenters. The van der Waals surface area contributed by atoms with Crippen LogP contribution in [-0.2, 0) is 0 Å². The molecule has 4 heteroatoms. The Morgan fingerprint density at radius 1 is 0.750 bits per heavy atom. The lowest BCUT2D eigenvalue weighted by Gasteiger charge is -2.42. The summed E-state index contributed by atoms with van der Waals surface area (Å²) in [4.78, 5) is 0. The second-order valence-corrected chi connectivity index (χ2v) is 10.9. The molecule has 2 fully saturated rings. The van der Waals surface area contributed by atoms with E-state index in [9.17, 15) is 13.2 Å². The van der Waals surface area contributed by atoms with Crippen LogP contribution in [0.15, 0.2) is 48.5 Å². The van der Waals surface area contributed by atoms with Gasteiger partial charge in [-0.25, -0.2) is 0 Å². The van der Waals surface area contributed by atoms with Crippen molar-refractivity contribution in [3.05, 3.63) is 65.2 Å². The molecular weight excluding hydrogens is 457 g/mol. The molecule has 0 aromatic heterocycles. The van der Waals surface area contributed by atoms with Crippen LogP contribution < -0.4 is 4.74 Å². The number of halogens is 3.